The lowest BCUT2D eigenvalue weighted by Gasteiger charge is -2.13. The summed E-state index contributed by atoms with van der Waals surface area (Å²) in [5.74, 6) is 0. The van der Waals surface area contributed by atoms with Crippen molar-refractivity contribution in [2.75, 3.05) is 0 Å². The number of hydrogen-bond donors (Lipinski definition) is 0. The molecule has 0 amide bonds. The number of hydrogen-bond acceptors (Lipinski definition) is 0. The summed E-state index contributed by atoms with van der Waals surface area (Å²) in [5, 5.41) is 4.99. The monoisotopic (exact) mass is 712 g/mol. The minimum atomic E-state index is 1.15. The zero-order chi connectivity index (χ0) is 37.0. The summed E-state index contributed by atoms with van der Waals surface area (Å²) in [6.07, 6.45) is 0. The van der Waals surface area contributed by atoms with Gasteiger partial charge >= 0.3 is 0 Å². The first kappa shape index (κ1) is 32.0. The molecule has 0 atom stereocenters. The number of benzene rings is 9. The highest BCUT2D eigenvalue weighted by Crippen LogP contribution is 2.40. The summed E-state index contributed by atoms with van der Waals surface area (Å²) >= 11 is 0. The van der Waals surface area contributed by atoms with Crippen molar-refractivity contribution in [1.82, 2.24) is 9.13 Å². The van der Waals surface area contributed by atoms with Gasteiger partial charge in [0.05, 0.1) is 22.1 Å². The van der Waals surface area contributed by atoms with E-state index in [9.17, 15) is 0 Å². The molecule has 2 aromatic heterocycles. The Balaban J connectivity index is 1.07. The van der Waals surface area contributed by atoms with Crippen molar-refractivity contribution in [2.24, 2.45) is 0 Å². The lowest BCUT2D eigenvalue weighted by atomic mass is 9.92. The molecule has 0 aliphatic rings. The van der Waals surface area contributed by atoms with Crippen LogP contribution in [0.15, 0.2) is 218 Å². The predicted octanol–water partition coefficient (Wildman–Crippen LogP) is 14.5. The van der Waals surface area contributed by atoms with Gasteiger partial charge in [0.15, 0.2) is 0 Å². The van der Waals surface area contributed by atoms with Crippen LogP contribution in [0, 0.1) is 0 Å². The maximum absolute atomic E-state index is 2.40. The minimum Gasteiger partial charge on any atom is -0.309 e. The van der Waals surface area contributed by atoms with Crippen LogP contribution in [0.25, 0.3) is 99.5 Å². The van der Waals surface area contributed by atoms with Crippen LogP contribution in [0.3, 0.4) is 0 Å². The normalized spacial score (nSPS) is 11.6. The molecular formula is C54H36N2. The molecule has 11 rings (SSSR count). The van der Waals surface area contributed by atoms with E-state index < -0.39 is 0 Å². The van der Waals surface area contributed by atoms with Crippen molar-refractivity contribution in [2.45, 2.75) is 0 Å². The van der Waals surface area contributed by atoms with Gasteiger partial charge in [0.25, 0.3) is 0 Å². The third-order valence-corrected chi connectivity index (χ3v) is 11.3. The first-order valence-electron chi connectivity index (χ1n) is 19.3. The zero-order valence-corrected chi connectivity index (χ0v) is 30.7. The molecule has 0 saturated heterocycles. The molecule has 11 aromatic rings. The van der Waals surface area contributed by atoms with E-state index >= 15 is 0 Å². The van der Waals surface area contributed by atoms with Crippen LogP contribution >= 0.6 is 0 Å². The number of nitrogens with zero attached hydrogens (tertiary/aromatic N) is 2. The predicted molar refractivity (Wildman–Crippen MR) is 237 cm³/mol. The molecule has 2 heteroatoms. The fourth-order valence-corrected chi connectivity index (χ4v) is 8.63. The highest BCUT2D eigenvalue weighted by Gasteiger charge is 2.17. The van der Waals surface area contributed by atoms with Crippen LogP contribution in [0.1, 0.15) is 0 Å². The van der Waals surface area contributed by atoms with Crippen molar-refractivity contribution in [3.05, 3.63) is 218 Å². The Bertz CT molecular complexity index is 3210. The third kappa shape index (κ3) is 5.34. The molecular weight excluding hydrogens is 677 g/mol. The molecule has 9 aromatic carbocycles. The number of para-hydroxylation sites is 3. The fraction of sp³-hybridized carbons (Fsp3) is 0. The Morgan fingerprint density at radius 3 is 1.04 bits per heavy atom. The summed E-state index contributed by atoms with van der Waals surface area (Å²) in [5.41, 5.74) is 16.8. The second-order valence-electron chi connectivity index (χ2n) is 14.6. The van der Waals surface area contributed by atoms with Gasteiger partial charge in [0, 0.05) is 32.9 Å². The molecule has 0 aliphatic carbocycles. The van der Waals surface area contributed by atoms with Gasteiger partial charge in [-0.15, -0.1) is 0 Å². The molecule has 0 bridgehead atoms. The molecule has 2 heterocycles. The molecule has 0 unspecified atom stereocenters. The molecule has 262 valence electrons. The van der Waals surface area contributed by atoms with Crippen LogP contribution in [0.2, 0.25) is 0 Å². The van der Waals surface area contributed by atoms with E-state index in [-0.39, 0.29) is 0 Å². The van der Waals surface area contributed by atoms with E-state index in [4.69, 9.17) is 0 Å². The van der Waals surface area contributed by atoms with Crippen LogP contribution in [-0.2, 0) is 0 Å². The first-order valence-corrected chi connectivity index (χ1v) is 19.3. The minimum absolute atomic E-state index is 1.15. The second kappa shape index (κ2) is 13.2. The van der Waals surface area contributed by atoms with Gasteiger partial charge in [-0.25, -0.2) is 0 Å². The summed E-state index contributed by atoms with van der Waals surface area (Å²) in [6, 6.07) is 79.5. The van der Waals surface area contributed by atoms with Gasteiger partial charge < -0.3 is 9.13 Å². The third-order valence-electron chi connectivity index (χ3n) is 11.3. The van der Waals surface area contributed by atoms with E-state index in [2.05, 4.69) is 228 Å². The molecule has 0 aliphatic heterocycles. The smallest absolute Gasteiger partial charge is 0.0541 e. The van der Waals surface area contributed by atoms with Gasteiger partial charge in [-0.1, -0.05) is 140 Å². The summed E-state index contributed by atoms with van der Waals surface area (Å²) in [6.45, 7) is 0. The van der Waals surface area contributed by atoms with Crippen LogP contribution in [-0.4, -0.2) is 9.13 Å². The Kier molecular flexibility index (Phi) is 7.53. The van der Waals surface area contributed by atoms with Crippen LogP contribution in [0.4, 0.5) is 0 Å². The van der Waals surface area contributed by atoms with Crippen LogP contribution in [0.5, 0.6) is 0 Å². The van der Waals surface area contributed by atoms with E-state index in [1.54, 1.807) is 0 Å². The van der Waals surface area contributed by atoms with Gasteiger partial charge in [-0.05, 0) is 123 Å². The quantitative estimate of drug-likeness (QED) is 0.162. The topological polar surface area (TPSA) is 9.86 Å². The number of fused-ring (bicyclic) bond motifs is 6. The number of rotatable bonds is 6. The Morgan fingerprint density at radius 2 is 0.536 bits per heavy atom. The van der Waals surface area contributed by atoms with E-state index in [1.165, 1.54) is 93.8 Å². The maximum Gasteiger partial charge on any atom is 0.0541 e. The zero-order valence-electron chi connectivity index (χ0n) is 30.7. The molecule has 0 spiro atoms. The van der Waals surface area contributed by atoms with Crippen molar-refractivity contribution >= 4 is 43.6 Å². The van der Waals surface area contributed by atoms with Gasteiger partial charge in [-0.2, -0.15) is 0 Å². The Labute approximate surface area is 325 Å². The van der Waals surface area contributed by atoms with Crippen molar-refractivity contribution in [3.63, 3.8) is 0 Å². The second-order valence-corrected chi connectivity index (χ2v) is 14.6. The SMILES string of the molecule is c1ccc(-c2ccc(-n3c4ccccc4c4cc(-c5cc(-c6ccccc6)cc(-c6ccc7c(c6)c6ccccc6n7-c6ccccc6)c5)ccc43)cc2)cc1. The fourth-order valence-electron chi connectivity index (χ4n) is 8.63. The summed E-state index contributed by atoms with van der Waals surface area (Å²) < 4.78 is 4.78. The van der Waals surface area contributed by atoms with Crippen molar-refractivity contribution in [1.29, 1.82) is 0 Å². The van der Waals surface area contributed by atoms with Gasteiger partial charge in [0.1, 0.15) is 0 Å². The molecule has 0 N–H and O–H groups in total. The number of aromatic nitrogens is 2. The molecule has 2 nitrogen and oxygen atoms in total. The molecule has 0 radical (unpaired) electrons. The van der Waals surface area contributed by atoms with E-state index in [0.29, 0.717) is 0 Å². The maximum atomic E-state index is 2.40. The van der Waals surface area contributed by atoms with Crippen molar-refractivity contribution in [3.8, 4) is 55.9 Å². The van der Waals surface area contributed by atoms with Crippen LogP contribution < -0.4 is 0 Å². The standard InChI is InChI=1S/C54H36N2/c1-4-14-37(15-5-1)39-24-28-46(29-25-39)56-52-23-13-11-21-48(52)50-36-41(27-31-54(50)56)44-33-42(38-16-6-2-7-17-38)32-43(34-44)40-26-30-53-49(35-40)47-20-10-12-22-51(47)55(53)45-18-8-3-9-19-45/h1-36H. The highest BCUT2D eigenvalue weighted by atomic mass is 15.0. The van der Waals surface area contributed by atoms with Crippen molar-refractivity contribution < 1.29 is 0 Å². The Hall–Kier alpha value is -7.42. The first-order chi connectivity index (χ1) is 27.8. The molecule has 0 saturated carbocycles. The Morgan fingerprint density at radius 1 is 0.196 bits per heavy atom. The average Bonchev–Trinajstić information content (AvgIpc) is 3.79. The summed E-state index contributed by atoms with van der Waals surface area (Å²) in [7, 11) is 0. The lowest BCUT2D eigenvalue weighted by Crippen LogP contribution is -1.94. The largest absolute Gasteiger partial charge is 0.309 e. The highest BCUT2D eigenvalue weighted by molar-refractivity contribution is 6.12. The lowest BCUT2D eigenvalue weighted by molar-refractivity contribution is 1.18. The molecule has 56 heavy (non-hydrogen) atoms. The molecule has 0 fully saturated rings. The van der Waals surface area contributed by atoms with E-state index in [0.717, 1.165) is 5.69 Å². The average molecular weight is 713 g/mol. The van der Waals surface area contributed by atoms with E-state index in [1.807, 2.05) is 0 Å². The van der Waals surface area contributed by atoms with Gasteiger partial charge in [-0.3, -0.25) is 0 Å². The summed E-state index contributed by atoms with van der Waals surface area (Å²) in [4.78, 5) is 0. The van der Waals surface area contributed by atoms with Gasteiger partial charge in [0.2, 0.25) is 0 Å².